The molecule has 0 atom stereocenters. The normalized spacial score (nSPS) is 11.5. The molecule has 10 heteroatoms. The van der Waals surface area contributed by atoms with E-state index in [2.05, 4.69) is 62.9 Å². The van der Waals surface area contributed by atoms with Crippen LogP contribution in [0.4, 0.5) is 0 Å². The van der Waals surface area contributed by atoms with Crippen molar-refractivity contribution in [1.29, 1.82) is 0 Å². The fourth-order valence-corrected chi connectivity index (χ4v) is 4.78. The highest BCUT2D eigenvalue weighted by Crippen LogP contribution is 2.34. The van der Waals surface area contributed by atoms with Crippen molar-refractivity contribution in [3.63, 3.8) is 0 Å². The summed E-state index contributed by atoms with van der Waals surface area (Å²) in [7, 11) is 0. The van der Waals surface area contributed by atoms with Gasteiger partial charge in [-0.1, -0.05) is 33.6 Å². The minimum Gasteiger partial charge on any atom is -0.401 e. The second-order valence-electron chi connectivity index (χ2n) is 6.33. The van der Waals surface area contributed by atoms with Gasteiger partial charge in [-0.2, -0.15) is 5.10 Å². The molecule has 2 aromatic carbocycles. The largest absolute Gasteiger partial charge is 0.401 e. The maximum atomic E-state index is 12.9. The van der Waals surface area contributed by atoms with Gasteiger partial charge in [-0.05, 0) is 73.0 Å². The Kier molecular flexibility index (Phi) is 5.01. The number of benzene rings is 2. The third-order valence-electron chi connectivity index (χ3n) is 4.47. The zero-order chi connectivity index (χ0) is 21.0. The van der Waals surface area contributed by atoms with Gasteiger partial charge in [-0.3, -0.25) is 0 Å². The van der Waals surface area contributed by atoms with Crippen molar-refractivity contribution in [2.45, 2.75) is 0 Å². The summed E-state index contributed by atoms with van der Waals surface area (Å²) in [6.07, 6.45) is 1.60. The lowest BCUT2D eigenvalue weighted by Gasteiger charge is -2.09. The van der Waals surface area contributed by atoms with E-state index in [4.69, 9.17) is 16.0 Å². The number of fused-ring (bicyclic) bond motifs is 2. The maximum Gasteiger partial charge on any atom is 0.347 e. The van der Waals surface area contributed by atoms with Gasteiger partial charge in [-0.25, -0.2) is 19.4 Å². The van der Waals surface area contributed by atoms with Gasteiger partial charge in [0.15, 0.2) is 5.82 Å². The molecular weight excluding hydrogens is 603 g/mol. The van der Waals surface area contributed by atoms with E-state index in [0.29, 0.717) is 36.5 Å². The number of halogens is 4. The summed E-state index contributed by atoms with van der Waals surface area (Å²) in [5, 5.41) is 6.96. The van der Waals surface area contributed by atoms with Crippen molar-refractivity contribution in [2.24, 2.45) is 0 Å². The van der Waals surface area contributed by atoms with E-state index in [1.165, 1.54) is 4.68 Å². The van der Waals surface area contributed by atoms with Gasteiger partial charge in [0.1, 0.15) is 10.3 Å². The molecule has 0 N–H and O–H groups in total. The Balaban J connectivity index is 1.81. The molecule has 30 heavy (non-hydrogen) atoms. The van der Waals surface area contributed by atoms with Crippen LogP contribution in [0.1, 0.15) is 0 Å². The molecule has 0 radical (unpaired) electrons. The molecule has 0 saturated heterocycles. The summed E-state index contributed by atoms with van der Waals surface area (Å²) in [6.45, 7) is 0. The van der Waals surface area contributed by atoms with Gasteiger partial charge in [0.05, 0.1) is 20.4 Å². The zero-order valence-corrected chi connectivity index (χ0v) is 20.2. The van der Waals surface area contributed by atoms with Crippen LogP contribution < -0.4 is 5.63 Å². The predicted molar refractivity (Wildman–Crippen MR) is 126 cm³/mol. The molecule has 0 amide bonds. The first-order valence-electron chi connectivity index (χ1n) is 8.52. The van der Waals surface area contributed by atoms with Crippen LogP contribution in [0.25, 0.3) is 39.1 Å². The molecule has 0 saturated carbocycles. The summed E-state index contributed by atoms with van der Waals surface area (Å²) in [5.74, 6) is 0.497. The molecule has 148 valence electrons. The first-order chi connectivity index (χ1) is 14.4. The fourth-order valence-electron chi connectivity index (χ4n) is 3.16. The van der Waals surface area contributed by atoms with E-state index in [0.717, 1.165) is 15.2 Å². The van der Waals surface area contributed by atoms with Crippen LogP contribution >= 0.6 is 59.4 Å². The topological polar surface area (TPSA) is 73.8 Å². The molecular formula is C20H8Br3ClN4O2. The minimum absolute atomic E-state index is 0.101. The highest BCUT2D eigenvalue weighted by atomic mass is 79.9. The lowest BCUT2D eigenvalue weighted by atomic mass is 10.1. The Morgan fingerprint density at radius 2 is 1.87 bits per heavy atom. The summed E-state index contributed by atoms with van der Waals surface area (Å²) in [4.78, 5) is 21.8. The second kappa shape index (κ2) is 7.56. The van der Waals surface area contributed by atoms with Gasteiger partial charge in [0, 0.05) is 16.7 Å². The molecule has 3 heterocycles. The molecule has 6 nitrogen and oxygen atoms in total. The Hall–Kier alpha value is -2.07. The molecule has 0 aliphatic rings. The predicted octanol–water partition coefficient (Wildman–Crippen LogP) is 6.53. The lowest BCUT2D eigenvalue weighted by molar-refractivity contribution is 0.513. The molecule has 0 bridgehead atoms. The van der Waals surface area contributed by atoms with E-state index in [1.807, 2.05) is 18.2 Å². The SMILES string of the molecule is O=c1oc(-c2cc(Br)nn2-c2ncccc2Cl)nc2c(Br)c3ccc(Br)cc3cc12. The third kappa shape index (κ3) is 3.30. The molecule has 0 unspecified atom stereocenters. The quantitative estimate of drug-likeness (QED) is 0.212. The molecule has 5 aromatic rings. The molecule has 0 aliphatic carbocycles. The standard InChI is InChI=1S/C20H8Br3ClN4O2/c21-10-3-4-11-9(6-10)7-12-17(16(11)23)26-19(30-20(12)29)14-8-15(22)27-28(14)18-13(24)2-1-5-25-18/h1-8H. The van der Waals surface area contributed by atoms with Crippen molar-refractivity contribution in [1.82, 2.24) is 19.7 Å². The van der Waals surface area contributed by atoms with Crippen molar-refractivity contribution >= 4 is 81.1 Å². The Morgan fingerprint density at radius 3 is 2.67 bits per heavy atom. The van der Waals surface area contributed by atoms with E-state index < -0.39 is 5.63 Å². The summed E-state index contributed by atoms with van der Waals surface area (Å²) in [5.41, 5.74) is 0.421. The number of rotatable bonds is 2. The average molecular weight is 611 g/mol. The Bertz CT molecular complexity index is 1530. The van der Waals surface area contributed by atoms with Gasteiger partial charge in [-0.15, -0.1) is 0 Å². The van der Waals surface area contributed by atoms with Crippen molar-refractivity contribution in [2.75, 3.05) is 0 Å². The highest BCUT2D eigenvalue weighted by Gasteiger charge is 2.20. The van der Waals surface area contributed by atoms with Crippen LogP contribution in [0.3, 0.4) is 0 Å². The lowest BCUT2D eigenvalue weighted by Crippen LogP contribution is -2.07. The first kappa shape index (κ1) is 19.9. The second-order valence-corrected chi connectivity index (χ2v) is 9.26. The summed E-state index contributed by atoms with van der Waals surface area (Å²) >= 11 is 16.7. The van der Waals surface area contributed by atoms with Crippen LogP contribution in [0.2, 0.25) is 5.02 Å². The Morgan fingerprint density at radius 1 is 1.03 bits per heavy atom. The van der Waals surface area contributed by atoms with Gasteiger partial charge >= 0.3 is 5.63 Å². The van der Waals surface area contributed by atoms with Gasteiger partial charge in [0.2, 0.25) is 5.89 Å². The zero-order valence-electron chi connectivity index (χ0n) is 14.7. The van der Waals surface area contributed by atoms with Crippen molar-refractivity contribution in [3.8, 4) is 17.4 Å². The monoisotopic (exact) mass is 608 g/mol. The molecule has 0 aliphatic heterocycles. The molecule has 3 aromatic heterocycles. The average Bonchev–Trinajstić information content (AvgIpc) is 3.10. The van der Waals surface area contributed by atoms with Crippen LogP contribution in [0.5, 0.6) is 0 Å². The van der Waals surface area contributed by atoms with E-state index >= 15 is 0 Å². The number of aromatic nitrogens is 4. The van der Waals surface area contributed by atoms with Crippen LogP contribution in [0.15, 0.2) is 71.4 Å². The van der Waals surface area contributed by atoms with Crippen LogP contribution in [-0.2, 0) is 0 Å². The highest BCUT2D eigenvalue weighted by molar-refractivity contribution is 9.11. The molecule has 5 rings (SSSR count). The first-order valence-corrected chi connectivity index (χ1v) is 11.3. The number of pyridine rings is 1. The number of hydrogen-bond donors (Lipinski definition) is 0. The van der Waals surface area contributed by atoms with Crippen molar-refractivity contribution in [3.05, 3.63) is 77.7 Å². The smallest absolute Gasteiger partial charge is 0.347 e. The van der Waals surface area contributed by atoms with E-state index in [-0.39, 0.29) is 5.89 Å². The maximum absolute atomic E-state index is 12.9. The molecule has 0 fully saturated rings. The summed E-state index contributed by atoms with van der Waals surface area (Å²) in [6, 6.07) is 12.7. The number of hydrogen-bond acceptors (Lipinski definition) is 5. The minimum atomic E-state index is -0.506. The third-order valence-corrected chi connectivity index (χ3v) is 6.45. The molecule has 0 spiro atoms. The van der Waals surface area contributed by atoms with Crippen LogP contribution in [0, 0.1) is 0 Å². The van der Waals surface area contributed by atoms with E-state index in [9.17, 15) is 4.79 Å². The fraction of sp³-hybridized carbons (Fsp3) is 0. The summed E-state index contributed by atoms with van der Waals surface area (Å²) < 4.78 is 9.20. The van der Waals surface area contributed by atoms with Gasteiger partial charge in [0.25, 0.3) is 0 Å². The number of nitrogens with zero attached hydrogens (tertiary/aromatic N) is 4. The Labute approximate surface area is 199 Å². The van der Waals surface area contributed by atoms with Crippen LogP contribution in [-0.4, -0.2) is 19.7 Å². The van der Waals surface area contributed by atoms with Gasteiger partial charge < -0.3 is 4.42 Å². The van der Waals surface area contributed by atoms with Crippen molar-refractivity contribution < 1.29 is 4.42 Å². The van der Waals surface area contributed by atoms with E-state index in [1.54, 1.807) is 30.5 Å².